The van der Waals surface area contributed by atoms with Crippen molar-refractivity contribution in [2.45, 2.75) is 32.8 Å². The van der Waals surface area contributed by atoms with Crippen molar-refractivity contribution in [1.29, 1.82) is 0 Å². The molecule has 4 nitrogen and oxygen atoms in total. The summed E-state index contributed by atoms with van der Waals surface area (Å²) in [4.78, 5) is 16.1. The van der Waals surface area contributed by atoms with Gasteiger partial charge in [0, 0.05) is 32.7 Å². The van der Waals surface area contributed by atoms with Crippen LogP contribution < -0.4 is 0 Å². The van der Waals surface area contributed by atoms with Gasteiger partial charge in [-0.15, -0.1) is 0 Å². The van der Waals surface area contributed by atoms with E-state index in [2.05, 4.69) is 16.8 Å². The molecular weight excluding hydrogens is 204 g/mol. The van der Waals surface area contributed by atoms with Gasteiger partial charge in [-0.1, -0.05) is 0 Å². The number of piperazine rings is 1. The molecule has 0 unspecified atom stereocenters. The first-order valence-electron chi connectivity index (χ1n) is 5.99. The van der Waals surface area contributed by atoms with Crippen LogP contribution in [0.4, 0.5) is 0 Å². The van der Waals surface area contributed by atoms with Crippen LogP contribution in [0.3, 0.4) is 0 Å². The van der Waals surface area contributed by atoms with Crippen LogP contribution in [0, 0.1) is 0 Å². The van der Waals surface area contributed by atoms with Crippen molar-refractivity contribution in [1.82, 2.24) is 9.80 Å². The highest BCUT2D eigenvalue weighted by Gasteiger charge is 2.18. The fourth-order valence-electron chi connectivity index (χ4n) is 1.71. The third kappa shape index (κ3) is 5.47. The molecule has 1 heterocycles. The maximum Gasteiger partial charge on any atom is 0.307 e. The fraction of sp³-hybridized carbons (Fsp3) is 0.917. The number of hydrogen-bond donors (Lipinski definition) is 0. The fourth-order valence-corrected chi connectivity index (χ4v) is 1.71. The monoisotopic (exact) mass is 228 g/mol. The average molecular weight is 228 g/mol. The molecule has 0 spiro atoms. The Morgan fingerprint density at radius 1 is 1.19 bits per heavy atom. The lowest BCUT2D eigenvalue weighted by Crippen LogP contribution is -2.45. The van der Waals surface area contributed by atoms with Gasteiger partial charge in [0.1, 0.15) is 5.60 Å². The van der Waals surface area contributed by atoms with Gasteiger partial charge in [-0.25, -0.2) is 0 Å². The second-order valence-corrected chi connectivity index (χ2v) is 5.48. The number of esters is 1. The van der Waals surface area contributed by atoms with E-state index in [1.807, 2.05) is 20.8 Å². The lowest BCUT2D eigenvalue weighted by atomic mass is 10.2. The topological polar surface area (TPSA) is 32.8 Å². The summed E-state index contributed by atoms with van der Waals surface area (Å²) in [5.41, 5.74) is -0.362. The molecule has 0 atom stereocenters. The quantitative estimate of drug-likeness (QED) is 0.674. The van der Waals surface area contributed by atoms with Crippen LogP contribution in [0.1, 0.15) is 27.2 Å². The van der Waals surface area contributed by atoms with Crippen molar-refractivity contribution in [3.05, 3.63) is 0 Å². The van der Waals surface area contributed by atoms with Crippen molar-refractivity contribution < 1.29 is 9.53 Å². The number of rotatable bonds is 3. The molecule has 4 heteroatoms. The highest BCUT2D eigenvalue weighted by molar-refractivity contribution is 5.70. The molecule has 0 aromatic rings. The lowest BCUT2D eigenvalue weighted by Gasteiger charge is -2.32. The van der Waals surface area contributed by atoms with E-state index < -0.39 is 0 Å². The van der Waals surface area contributed by atoms with Crippen LogP contribution in [0.2, 0.25) is 0 Å². The van der Waals surface area contributed by atoms with E-state index in [-0.39, 0.29) is 11.6 Å². The van der Waals surface area contributed by atoms with Crippen LogP contribution in [-0.4, -0.2) is 61.1 Å². The molecule has 1 fully saturated rings. The van der Waals surface area contributed by atoms with Crippen molar-refractivity contribution in [2.24, 2.45) is 0 Å². The van der Waals surface area contributed by atoms with E-state index in [0.717, 1.165) is 32.7 Å². The van der Waals surface area contributed by atoms with Gasteiger partial charge in [0.2, 0.25) is 0 Å². The summed E-state index contributed by atoms with van der Waals surface area (Å²) in [6.07, 6.45) is 0.501. The SMILES string of the molecule is CN1CCN(CCC(=O)OC(C)(C)C)CC1. The van der Waals surface area contributed by atoms with Gasteiger partial charge < -0.3 is 14.5 Å². The summed E-state index contributed by atoms with van der Waals surface area (Å²) in [5.74, 6) is -0.0913. The van der Waals surface area contributed by atoms with Crippen molar-refractivity contribution in [3.8, 4) is 0 Å². The Morgan fingerprint density at radius 3 is 2.25 bits per heavy atom. The first kappa shape index (κ1) is 13.5. The Kier molecular flexibility index (Phi) is 4.74. The average Bonchev–Trinajstić information content (AvgIpc) is 2.14. The molecule has 0 radical (unpaired) electrons. The van der Waals surface area contributed by atoms with Crippen LogP contribution in [0.5, 0.6) is 0 Å². The molecule has 0 amide bonds. The smallest absolute Gasteiger partial charge is 0.307 e. The zero-order valence-corrected chi connectivity index (χ0v) is 11.0. The molecule has 16 heavy (non-hydrogen) atoms. The van der Waals surface area contributed by atoms with Gasteiger partial charge in [-0.2, -0.15) is 0 Å². The first-order chi connectivity index (χ1) is 7.37. The Bertz CT molecular complexity index is 228. The van der Waals surface area contributed by atoms with E-state index in [0.29, 0.717) is 6.42 Å². The van der Waals surface area contributed by atoms with E-state index in [1.54, 1.807) is 0 Å². The highest BCUT2D eigenvalue weighted by Crippen LogP contribution is 2.09. The van der Waals surface area contributed by atoms with E-state index in [9.17, 15) is 4.79 Å². The normalized spacial score (nSPS) is 19.8. The maximum atomic E-state index is 11.5. The molecule has 0 aliphatic carbocycles. The molecule has 0 aromatic heterocycles. The minimum absolute atomic E-state index is 0.0913. The zero-order valence-electron chi connectivity index (χ0n) is 11.0. The number of hydrogen-bond acceptors (Lipinski definition) is 4. The number of nitrogens with zero attached hydrogens (tertiary/aromatic N) is 2. The molecule has 0 N–H and O–H groups in total. The second-order valence-electron chi connectivity index (χ2n) is 5.48. The lowest BCUT2D eigenvalue weighted by molar-refractivity contribution is -0.155. The predicted molar refractivity (Wildman–Crippen MR) is 64.4 cm³/mol. The first-order valence-corrected chi connectivity index (χ1v) is 5.99. The molecule has 0 bridgehead atoms. The van der Waals surface area contributed by atoms with Crippen LogP contribution in [0.25, 0.3) is 0 Å². The Balaban J connectivity index is 2.17. The predicted octanol–water partition coefficient (Wildman–Crippen LogP) is 0.966. The Hall–Kier alpha value is -0.610. The minimum Gasteiger partial charge on any atom is -0.460 e. The number of ether oxygens (including phenoxy) is 1. The molecule has 0 saturated carbocycles. The third-order valence-corrected chi connectivity index (χ3v) is 2.65. The zero-order chi connectivity index (χ0) is 12.2. The standard InChI is InChI=1S/C12H24N2O2/c1-12(2,3)16-11(15)5-6-14-9-7-13(4)8-10-14/h5-10H2,1-4H3. The van der Waals surface area contributed by atoms with Crippen LogP contribution in [0.15, 0.2) is 0 Å². The van der Waals surface area contributed by atoms with E-state index in [4.69, 9.17) is 4.74 Å². The van der Waals surface area contributed by atoms with Gasteiger partial charge >= 0.3 is 5.97 Å². The highest BCUT2D eigenvalue weighted by atomic mass is 16.6. The second kappa shape index (κ2) is 5.64. The van der Waals surface area contributed by atoms with Crippen molar-refractivity contribution in [3.63, 3.8) is 0 Å². The minimum atomic E-state index is -0.362. The largest absolute Gasteiger partial charge is 0.460 e. The summed E-state index contributed by atoms with van der Waals surface area (Å²) in [6.45, 7) is 10.8. The third-order valence-electron chi connectivity index (χ3n) is 2.65. The summed E-state index contributed by atoms with van der Waals surface area (Å²) >= 11 is 0. The molecule has 1 aliphatic rings. The van der Waals surface area contributed by atoms with Crippen molar-refractivity contribution in [2.75, 3.05) is 39.8 Å². The Morgan fingerprint density at radius 2 is 1.75 bits per heavy atom. The number of carbonyl (C=O) groups is 1. The molecule has 1 saturated heterocycles. The summed E-state index contributed by atoms with van der Waals surface area (Å²) in [7, 11) is 2.13. The van der Waals surface area contributed by atoms with Crippen LogP contribution >= 0.6 is 0 Å². The molecule has 1 rings (SSSR count). The van der Waals surface area contributed by atoms with E-state index in [1.165, 1.54) is 0 Å². The summed E-state index contributed by atoms with van der Waals surface area (Å²) in [5, 5.41) is 0. The number of carbonyl (C=O) groups excluding carboxylic acids is 1. The van der Waals surface area contributed by atoms with Gasteiger partial charge in [0.05, 0.1) is 6.42 Å². The van der Waals surface area contributed by atoms with Crippen LogP contribution in [-0.2, 0) is 9.53 Å². The van der Waals surface area contributed by atoms with Gasteiger partial charge in [-0.05, 0) is 27.8 Å². The summed E-state index contributed by atoms with van der Waals surface area (Å²) < 4.78 is 5.27. The molecule has 1 aliphatic heterocycles. The van der Waals surface area contributed by atoms with Gasteiger partial charge in [-0.3, -0.25) is 4.79 Å². The number of likely N-dealkylation sites (N-methyl/N-ethyl adjacent to an activating group) is 1. The van der Waals surface area contributed by atoms with Crippen molar-refractivity contribution >= 4 is 5.97 Å². The molecule has 94 valence electrons. The summed E-state index contributed by atoms with van der Waals surface area (Å²) in [6, 6.07) is 0. The Labute approximate surface area is 98.5 Å². The van der Waals surface area contributed by atoms with Gasteiger partial charge in [0.25, 0.3) is 0 Å². The van der Waals surface area contributed by atoms with Gasteiger partial charge in [0.15, 0.2) is 0 Å². The maximum absolute atomic E-state index is 11.5. The molecule has 0 aromatic carbocycles. The van der Waals surface area contributed by atoms with E-state index >= 15 is 0 Å². The molecular formula is C12H24N2O2.